The summed E-state index contributed by atoms with van der Waals surface area (Å²) in [5, 5.41) is 4.00. The second-order valence-corrected chi connectivity index (χ2v) is 7.84. The van der Waals surface area contributed by atoms with E-state index in [1.807, 2.05) is 74.5 Å². The molecule has 0 spiro atoms. The van der Waals surface area contributed by atoms with Gasteiger partial charge in [0.25, 0.3) is 0 Å². The van der Waals surface area contributed by atoms with Gasteiger partial charge in [0.05, 0.1) is 34.2 Å². The van der Waals surface area contributed by atoms with Crippen molar-refractivity contribution < 1.29 is 14.3 Å². The van der Waals surface area contributed by atoms with E-state index in [-0.39, 0.29) is 12.3 Å². The molecule has 0 bridgehead atoms. The molecule has 2 amide bonds. The van der Waals surface area contributed by atoms with Crippen molar-refractivity contribution in [2.75, 3.05) is 16.8 Å². The number of nitrogens with one attached hydrogen (secondary N) is 1. The van der Waals surface area contributed by atoms with Crippen LogP contribution in [0.25, 0.3) is 10.9 Å². The summed E-state index contributed by atoms with van der Waals surface area (Å²) in [6.45, 7) is 5.89. The maximum Gasteiger partial charge on any atom is 0.357 e. The van der Waals surface area contributed by atoms with Crippen LogP contribution in [0.2, 0.25) is 10.0 Å². The van der Waals surface area contributed by atoms with Crippen molar-refractivity contribution in [2.45, 2.75) is 20.8 Å². The van der Waals surface area contributed by atoms with Crippen molar-refractivity contribution in [1.82, 2.24) is 4.98 Å². The van der Waals surface area contributed by atoms with Gasteiger partial charge in [0.15, 0.2) is 5.69 Å². The predicted molar refractivity (Wildman–Crippen MR) is 143 cm³/mol. The number of halogens is 2. The molecule has 0 unspecified atom stereocenters. The topological polar surface area (TPSA) is 71.5 Å². The normalized spacial score (nSPS) is 10.2. The summed E-state index contributed by atoms with van der Waals surface area (Å²) in [6.07, 6.45) is 0. The van der Waals surface area contributed by atoms with Crippen LogP contribution in [0.1, 0.15) is 31.3 Å². The number of carbonyl (C=O) groups excluding carboxylic acids is 2. The number of anilines is 3. The van der Waals surface area contributed by atoms with Crippen LogP contribution in [0, 0.1) is 0 Å². The fourth-order valence-corrected chi connectivity index (χ4v) is 3.99. The molecule has 1 N–H and O–H groups in total. The Balaban J connectivity index is 0.00000167. The van der Waals surface area contributed by atoms with Gasteiger partial charge in [-0.1, -0.05) is 73.4 Å². The Labute approximate surface area is 214 Å². The average Bonchev–Trinajstić information content (AvgIpc) is 2.86. The van der Waals surface area contributed by atoms with Gasteiger partial charge in [0.1, 0.15) is 0 Å². The molecule has 0 atom stereocenters. The number of urea groups is 1. The minimum absolute atomic E-state index is 0.0314. The van der Waals surface area contributed by atoms with Crippen molar-refractivity contribution >= 4 is 63.2 Å². The van der Waals surface area contributed by atoms with E-state index in [4.69, 9.17) is 27.9 Å². The second-order valence-electron chi connectivity index (χ2n) is 6.99. The molecule has 180 valence electrons. The first-order chi connectivity index (χ1) is 17.0. The molecule has 1 aromatic heterocycles. The van der Waals surface area contributed by atoms with Crippen LogP contribution in [0.5, 0.6) is 0 Å². The van der Waals surface area contributed by atoms with Crippen LogP contribution in [0.15, 0.2) is 78.9 Å². The number of aromatic nitrogens is 1. The summed E-state index contributed by atoms with van der Waals surface area (Å²) in [5.74, 6) is -0.617. The molecule has 35 heavy (non-hydrogen) atoms. The quantitative estimate of drug-likeness (QED) is 0.275. The van der Waals surface area contributed by atoms with Crippen LogP contribution in [0.4, 0.5) is 21.9 Å². The summed E-state index contributed by atoms with van der Waals surface area (Å²) in [5.41, 5.74) is 2.04. The summed E-state index contributed by atoms with van der Waals surface area (Å²) >= 11 is 12.6. The van der Waals surface area contributed by atoms with Gasteiger partial charge < -0.3 is 10.1 Å². The first kappa shape index (κ1) is 26.0. The van der Waals surface area contributed by atoms with E-state index in [0.29, 0.717) is 38.0 Å². The van der Waals surface area contributed by atoms with E-state index in [9.17, 15) is 9.59 Å². The molecule has 0 aliphatic carbocycles. The molecule has 3 aromatic carbocycles. The SMILES string of the molecule is CC.CCOC(=O)c1cc(NC(=O)N(c2ccccc2)c2ccccc2)c2c(Cl)cc(Cl)cc2n1. The van der Waals surface area contributed by atoms with Gasteiger partial charge in [-0.15, -0.1) is 0 Å². The number of benzene rings is 3. The number of pyridine rings is 1. The third-order valence-corrected chi connectivity index (χ3v) is 5.30. The Hall–Kier alpha value is -3.61. The third kappa shape index (κ3) is 6.10. The Bertz CT molecular complexity index is 1280. The lowest BCUT2D eigenvalue weighted by Gasteiger charge is -2.24. The van der Waals surface area contributed by atoms with Crippen LogP contribution < -0.4 is 10.2 Å². The number of rotatable bonds is 5. The first-order valence-electron chi connectivity index (χ1n) is 11.2. The largest absolute Gasteiger partial charge is 0.461 e. The highest BCUT2D eigenvalue weighted by Gasteiger charge is 2.22. The minimum Gasteiger partial charge on any atom is -0.461 e. The zero-order chi connectivity index (χ0) is 25.4. The molecule has 8 heteroatoms. The summed E-state index contributed by atoms with van der Waals surface area (Å²) in [6, 6.07) is 22.6. The number of esters is 1. The van der Waals surface area contributed by atoms with Crippen molar-refractivity contribution in [3.05, 3.63) is 94.6 Å². The molecular weight excluding hydrogens is 485 g/mol. The zero-order valence-electron chi connectivity index (χ0n) is 19.6. The molecule has 0 aliphatic rings. The Kier molecular flexibility index (Phi) is 9.06. The highest BCUT2D eigenvalue weighted by Crippen LogP contribution is 2.34. The molecule has 0 fully saturated rings. The van der Waals surface area contributed by atoms with Crippen molar-refractivity contribution in [1.29, 1.82) is 0 Å². The lowest BCUT2D eigenvalue weighted by Crippen LogP contribution is -2.31. The lowest BCUT2D eigenvalue weighted by atomic mass is 10.1. The van der Waals surface area contributed by atoms with Gasteiger partial charge in [0, 0.05) is 10.4 Å². The van der Waals surface area contributed by atoms with Crippen molar-refractivity contribution in [2.24, 2.45) is 0 Å². The lowest BCUT2D eigenvalue weighted by molar-refractivity contribution is 0.0520. The molecule has 0 radical (unpaired) electrons. The fourth-order valence-electron chi connectivity index (χ4n) is 3.40. The molecule has 1 heterocycles. The smallest absolute Gasteiger partial charge is 0.357 e. The summed E-state index contributed by atoms with van der Waals surface area (Å²) in [4.78, 5) is 31.8. The molecule has 4 rings (SSSR count). The molecule has 0 aliphatic heterocycles. The molecule has 0 saturated carbocycles. The predicted octanol–water partition coefficient (Wildman–Crippen LogP) is 8.11. The number of fused-ring (bicyclic) bond motifs is 1. The Morgan fingerprint density at radius 2 is 1.49 bits per heavy atom. The highest BCUT2D eigenvalue weighted by atomic mass is 35.5. The molecular formula is C27H25Cl2N3O3. The maximum absolute atomic E-state index is 13.6. The van der Waals surface area contributed by atoms with E-state index >= 15 is 0 Å². The molecule has 0 saturated heterocycles. The number of nitrogens with zero attached hydrogens (tertiary/aromatic N) is 2. The van der Waals surface area contributed by atoms with Gasteiger partial charge in [-0.05, 0) is 49.4 Å². The highest BCUT2D eigenvalue weighted by molar-refractivity contribution is 6.39. The van der Waals surface area contributed by atoms with Gasteiger partial charge in [-0.2, -0.15) is 0 Å². The van der Waals surface area contributed by atoms with Gasteiger partial charge >= 0.3 is 12.0 Å². The standard InChI is InChI=1S/C25H19Cl2N3O3.C2H6/c1-2-33-24(31)22-15-21(23-19(27)13-16(26)14-20(23)28-22)29-25(32)30(17-9-5-3-6-10-17)18-11-7-4-8-12-18;1-2/h3-15H,2H2,1H3,(H,28,29,32);1-2H3. The zero-order valence-corrected chi connectivity index (χ0v) is 21.1. The van der Waals surface area contributed by atoms with E-state index < -0.39 is 12.0 Å². The van der Waals surface area contributed by atoms with E-state index in [2.05, 4.69) is 10.3 Å². The van der Waals surface area contributed by atoms with Crippen molar-refractivity contribution in [3.63, 3.8) is 0 Å². The number of hydrogen-bond donors (Lipinski definition) is 1. The first-order valence-corrected chi connectivity index (χ1v) is 11.9. The van der Waals surface area contributed by atoms with E-state index in [1.54, 1.807) is 19.1 Å². The number of ether oxygens (including phenoxy) is 1. The summed E-state index contributed by atoms with van der Waals surface area (Å²) < 4.78 is 5.09. The Morgan fingerprint density at radius 3 is 2.03 bits per heavy atom. The van der Waals surface area contributed by atoms with Crippen LogP contribution in [0.3, 0.4) is 0 Å². The average molecular weight is 510 g/mol. The number of hydrogen-bond acceptors (Lipinski definition) is 4. The fraction of sp³-hybridized carbons (Fsp3) is 0.148. The number of amides is 2. The van der Waals surface area contributed by atoms with Gasteiger partial charge in [-0.25, -0.2) is 14.6 Å². The Morgan fingerprint density at radius 1 is 0.914 bits per heavy atom. The molecule has 4 aromatic rings. The summed E-state index contributed by atoms with van der Waals surface area (Å²) in [7, 11) is 0. The monoisotopic (exact) mass is 509 g/mol. The number of carbonyl (C=O) groups is 2. The van der Waals surface area contributed by atoms with E-state index in [0.717, 1.165) is 0 Å². The van der Waals surface area contributed by atoms with Crippen LogP contribution in [-0.4, -0.2) is 23.6 Å². The maximum atomic E-state index is 13.6. The minimum atomic E-state index is -0.617. The van der Waals surface area contributed by atoms with Gasteiger partial charge in [-0.3, -0.25) is 4.90 Å². The third-order valence-electron chi connectivity index (χ3n) is 4.78. The van der Waals surface area contributed by atoms with E-state index in [1.165, 1.54) is 11.0 Å². The molecule has 6 nitrogen and oxygen atoms in total. The van der Waals surface area contributed by atoms with Crippen molar-refractivity contribution in [3.8, 4) is 0 Å². The van der Waals surface area contributed by atoms with Crippen LogP contribution in [-0.2, 0) is 4.74 Å². The number of para-hydroxylation sites is 2. The van der Waals surface area contributed by atoms with Gasteiger partial charge in [0.2, 0.25) is 0 Å². The van der Waals surface area contributed by atoms with Crippen LogP contribution >= 0.6 is 23.2 Å². The second kappa shape index (κ2) is 12.2.